The summed E-state index contributed by atoms with van der Waals surface area (Å²) in [4.78, 5) is 10.7. The molecule has 1 N–H and O–H groups in total. The molecular formula is C14H19N3O. The normalized spacial score (nSPS) is 11.2. The van der Waals surface area contributed by atoms with Crippen molar-refractivity contribution < 1.29 is 5.11 Å². The summed E-state index contributed by atoms with van der Waals surface area (Å²) in [6, 6.07) is 6.27. The summed E-state index contributed by atoms with van der Waals surface area (Å²) >= 11 is 0. The second-order valence-corrected chi connectivity index (χ2v) is 4.79. The largest absolute Gasteiger partial charge is 0.395 e. The van der Waals surface area contributed by atoms with E-state index in [1.54, 1.807) is 0 Å². The molecule has 0 saturated heterocycles. The number of likely N-dealkylation sites (N-methyl/N-ethyl adjacent to an activating group) is 1. The fourth-order valence-corrected chi connectivity index (χ4v) is 1.84. The number of aliphatic hydroxyl groups excluding tert-OH is 1. The summed E-state index contributed by atoms with van der Waals surface area (Å²) in [5.41, 5.74) is 2.23. The Morgan fingerprint density at radius 3 is 2.78 bits per heavy atom. The van der Waals surface area contributed by atoms with Gasteiger partial charge in [0, 0.05) is 25.2 Å². The fraction of sp³-hybridized carbons (Fsp3) is 0.429. The molecule has 0 unspecified atom stereocenters. The van der Waals surface area contributed by atoms with E-state index in [4.69, 9.17) is 5.11 Å². The lowest BCUT2D eigenvalue weighted by molar-refractivity contribution is 0.303. The van der Waals surface area contributed by atoms with Crippen LogP contribution in [0.4, 0.5) is 5.95 Å². The number of nitrogens with zero attached hydrogens (tertiary/aromatic N) is 3. The number of hydrogen-bond acceptors (Lipinski definition) is 4. The minimum absolute atomic E-state index is 0.101. The average molecular weight is 245 g/mol. The lowest BCUT2D eigenvalue weighted by Crippen LogP contribution is -2.23. The van der Waals surface area contributed by atoms with Gasteiger partial charge in [0.15, 0.2) is 0 Å². The van der Waals surface area contributed by atoms with Gasteiger partial charge in [-0.1, -0.05) is 19.9 Å². The molecule has 4 heteroatoms. The van der Waals surface area contributed by atoms with Crippen molar-refractivity contribution in [3.8, 4) is 0 Å². The van der Waals surface area contributed by atoms with Crippen molar-refractivity contribution in [2.45, 2.75) is 19.8 Å². The monoisotopic (exact) mass is 245 g/mol. The summed E-state index contributed by atoms with van der Waals surface area (Å²) in [7, 11) is 1.87. The Labute approximate surface area is 107 Å². The molecule has 1 aromatic carbocycles. The fourth-order valence-electron chi connectivity index (χ4n) is 1.84. The van der Waals surface area contributed by atoms with Crippen LogP contribution in [0.1, 0.15) is 25.3 Å². The van der Waals surface area contributed by atoms with E-state index in [0.29, 0.717) is 18.4 Å². The van der Waals surface area contributed by atoms with Gasteiger partial charge in [0.05, 0.1) is 12.1 Å². The van der Waals surface area contributed by atoms with E-state index in [1.165, 1.54) is 5.56 Å². The average Bonchev–Trinajstić information content (AvgIpc) is 2.37. The van der Waals surface area contributed by atoms with Crippen LogP contribution in [0, 0.1) is 0 Å². The van der Waals surface area contributed by atoms with Crippen LogP contribution in [-0.2, 0) is 0 Å². The first kappa shape index (κ1) is 12.8. The highest BCUT2D eigenvalue weighted by Gasteiger charge is 2.06. The molecule has 0 atom stereocenters. The zero-order valence-electron chi connectivity index (χ0n) is 11.1. The lowest BCUT2D eigenvalue weighted by atomic mass is 10.0. The first-order valence-electron chi connectivity index (χ1n) is 6.20. The molecule has 0 aliphatic carbocycles. The van der Waals surface area contributed by atoms with Crippen LogP contribution in [0.15, 0.2) is 24.4 Å². The number of fused-ring (bicyclic) bond motifs is 1. The van der Waals surface area contributed by atoms with Crippen molar-refractivity contribution in [1.29, 1.82) is 0 Å². The Balaban J connectivity index is 2.38. The molecule has 0 radical (unpaired) electrons. The van der Waals surface area contributed by atoms with Crippen molar-refractivity contribution in [2.75, 3.05) is 25.1 Å². The molecule has 0 bridgehead atoms. The number of rotatable bonds is 4. The minimum Gasteiger partial charge on any atom is -0.395 e. The molecule has 18 heavy (non-hydrogen) atoms. The molecule has 0 saturated carbocycles. The molecular weight excluding hydrogens is 226 g/mol. The van der Waals surface area contributed by atoms with Crippen LogP contribution >= 0.6 is 0 Å². The van der Waals surface area contributed by atoms with Crippen LogP contribution in [0.25, 0.3) is 10.9 Å². The second-order valence-electron chi connectivity index (χ2n) is 4.79. The van der Waals surface area contributed by atoms with Crippen LogP contribution in [0.5, 0.6) is 0 Å². The van der Waals surface area contributed by atoms with Gasteiger partial charge in [-0.05, 0) is 23.6 Å². The van der Waals surface area contributed by atoms with Gasteiger partial charge >= 0.3 is 0 Å². The smallest absolute Gasteiger partial charge is 0.225 e. The maximum Gasteiger partial charge on any atom is 0.225 e. The van der Waals surface area contributed by atoms with Crippen LogP contribution in [0.2, 0.25) is 0 Å². The van der Waals surface area contributed by atoms with E-state index >= 15 is 0 Å². The van der Waals surface area contributed by atoms with E-state index in [2.05, 4.69) is 35.9 Å². The molecule has 0 aliphatic rings. The van der Waals surface area contributed by atoms with Crippen molar-refractivity contribution in [3.63, 3.8) is 0 Å². The third-order valence-electron chi connectivity index (χ3n) is 3.03. The highest BCUT2D eigenvalue weighted by Crippen LogP contribution is 2.21. The van der Waals surface area contributed by atoms with Gasteiger partial charge in [-0.2, -0.15) is 0 Å². The van der Waals surface area contributed by atoms with Gasteiger partial charge in [-0.3, -0.25) is 0 Å². The summed E-state index contributed by atoms with van der Waals surface area (Å²) in [6.45, 7) is 4.98. The SMILES string of the molecule is CC(C)c1ccc2nc(N(C)CCO)ncc2c1. The molecule has 0 amide bonds. The number of aromatic nitrogens is 2. The van der Waals surface area contributed by atoms with Gasteiger partial charge in [-0.15, -0.1) is 0 Å². The number of benzene rings is 1. The molecule has 96 valence electrons. The van der Waals surface area contributed by atoms with Crippen LogP contribution in [-0.4, -0.2) is 35.3 Å². The van der Waals surface area contributed by atoms with E-state index in [9.17, 15) is 0 Å². The van der Waals surface area contributed by atoms with Crippen molar-refractivity contribution in [3.05, 3.63) is 30.0 Å². The van der Waals surface area contributed by atoms with Crippen LogP contribution in [0.3, 0.4) is 0 Å². The third kappa shape index (κ3) is 2.59. The van der Waals surface area contributed by atoms with E-state index in [1.807, 2.05) is 24.2 Å². The molecule has 1 heterocycles. The molecule has 2 aromatic rings. The maximum atomic E-state index is 8.91. The first-order chi connectivity index (χ1) is 8.61. The maximum absolute atomic E-state index is 8.91. The van der Waals surface area contributed by atoms with Crippen molar-refractivity contribution in [1.82, 2.24) is 9.97 Å². The summed E-state index contributed by atoms with van der Waals surface area (Å²) in [5.74, 6) is 1.15. The van der Waals surface area contributed by atoms with Crippen molar-refractivity contribution >= 4 is 16.9 Å². The van der Waals surface area contributed by atoms with E-state index < -0.39 is 0 Å². The minimum atomic E-state index is 0.101. The van der Waals surface area contributed by atoms with Gasteiger partial charge < -0.3 is 10.0 Å². The Hall–Kier alpha value is -1.68. The highest BCUT2D eigenvalue weighted by atomic mass is 16.3. The van der Waals surface area contributed by atoms with E-state index in [0.717, 1.165) is 10.9 Å². The number of hydrogen-bond donors (Lipinski definition) is 1. The van der Waals surface area contributed by atoms with Gasteiger partial charge in [0.25, 0.3) is 0 Å². The summed E-state index contributed by atoms with van der Waals surface area (Å²) < 4.78 is 0. The van der Waals surface area contributed by atoms with E-state index in [-0.39, 0.29) is 6.61 Å². The predicted molar refractivity (Wildman–Crippen MR) is 74.0 cm³/mol. The molecule has 0 fully saturated rings. The van der Waals surface area contributed by atoms with Gasteiger partial charge in [0.1, 0.15) is 0 Å². The molecule has 4 nitrogen and oxygen atoms in total. The molecule has 1 aromatic heterocycles. The summed E-state index contributed by atoms with van der Waals surface area (Å²) in [5, 5.41) is 9.97. The van der Waals surface area contributed by atoms with Gasteiger partial charge in [0.2, 0.25) is 5.95 Å². The second kappa shape index (κ2) is 5.31. The number of anilines is 1. The lowest BCUT2D eigenvalue weighted by Gasteiger charge is -2.15. The zero-order valence-corrected chi connectivity index (χ0v) is 11.1. The number of aliphatic hydroxyl groups is 1. The predicted octanol–water partition coefficient (Wildman–Crippen LogP) is 2.18. The molecule has 0 spiro atoms. The standard InChI is InChI=1S/C14H19N3O/c1-10(2)11-4-5-13-12(8-11)9-15-14(16-13)17(3)6-7-18/h4-5,8-10,18H,6-7H2,1-3H3. The first-order valence-corrected chi connectivity index (χ1v) is 6.20. The topological polar surface area (TPSA) is 49.2 Å². The third-order valence-corrected chi connectivity index (χ3v) is 3.03. The Kier molecular flexibility index (Phi) is 3.77. The summed E-state index contributed by atoms with van der Waals surface area (Å²) in [6.07, 6.45) is 1.84. The molecule has 2 rings (SSSR count). The van der Waals surface area contributed by atoms with Gasteiger partial charge in [-0.25, -0.2) is 9.97 Å². The van der Waals surface area contributed by atoms with Crippen molar-refractivity contribution in [2.24, 2.45) is 0 Å². The zero-order chi connectivity index (χ0) is 13.1. The molecule has 0 aliphatic heterocycles. The Morgan fingerprint density at radius 1 is 1.33 bits per heavy atom. The highest BCUT2D eigenvalue weighted by molar-refractivity contribution is 5.79. The Morgan fingerprint density at radius 2 is 2.11 bits per heavy atom. The van der Waals surface area contributed by atoms with Crippen LogP contribution < -0.4 is 4.90 Å². The quantitative estimate of drug-likeness (QED) is 0.897. The Bertz CT molecular complexity index is 540.